The lowest BCUT2D eigenvalue weighted by molar-refractivity contribution is -0.120. The average molecular weight is 496 g/mol. The van der Waals surface area contributed by atoms with Gasteiger partial charge in [-0.15, -0.1) is 0 Å². The van der Waals surface area contributed by atoms with Crippen molar-refractivity contribution in [1.82, 2.24) is 9.97 Å². The Hall–Kier alpha value is -3.69. The number of cyclic esters (lactones) is 1. The van der Waals surface area contributed by atoms with Gasteiger partial charge in [0.25, 0.3) is 0 Å². The molecule has 10 nitrogen and oxygen atoms in total. The second kappa shape index (κ2) is 10.9. The lowest BCUT2D eigenvalue weighted by Crippen LogP contribution is -2.39. The number of ether oxygens (including phenoxy) is 1. The number of hydrogen-bond donors (Lipinski definition) is 2. The van der Waals surface area contributed by atoms with Gasteiger partial charge in [-0.3, -0.25) is 9.69 Å². The molecule has 36 heavy (non-hydrogen) atoms. The molecule has 1 saturated carbocycles. The van der Waals surface area contributed by atoms with E-state index >= 15 is 0 Å². The van der Waals surface area contributed by atoms with Crippen molar-refractivity contribution in [1.29, 1.82) is 0 Å². The van der Waals surface area contributed by atoms with Gasteiger partial charge in [-0.25, -0.2) is 19.5 Å². The highest BCUT2D eigenvalue weighted by atomic mass is 16.6. The Labute approximate surface area is 210 Å². The number of benzene rings is 1. The van der Waals surface area contributed by atoms with Crippen molar-refractivity contribution in [2.75, 3.05) is 21.7 Å². The van der Waals surface area contributed by atoms with Gasteiger partial charge in [-0.1, -0.05) is 45.2 Å². The Bertz CT molecular complexity index is 1100. The normalized spacial score (nSPS) is 19.2. The molecule has 1 aliphatic carbocycles. The average Bonchev–Trinajstić information content (AvgIpc) is 3.26. The Morgan fingerprint density at radius 3 is 2.44 bits per heavy atom. The maximum Gasteiger partial charge on any atom is 0.415 e. The fourth-order valence-electron chi connectivity index (χ4n) is 4.81. The van der Waals surface area contributed by atoms with Crippen LogP contribution in [-0.2, 0) is 9.53 Å². The monoisotopic (exact) mass is 495 g/mol. The Morgan fingerprint density at radius 2 is 1.81 bits per heavy atom. The molecule has 1 aliphatic heterocycles. The van der Waals surface area contributed by atoms with Gasteiger partial charge in [0.2, 0.25) is 11.9 Å². The summed E-state index contributed by atoms with van der Waals surface area (Å²) in [6.07, 6.45) is 4.88. The minimum Gasteiger partial charge on any atom is -0.465 e. The van der Waals surface area contributed by atoms with Crippen molar-refractivity contribution in [3.05, 3.63) is 42.1 Å². The molecule has 4 rings (SSSR count). The fraction of sp³-hybridized carbons (Fsp3) is 0.500. The molecule has 1 aromatic carbocycles. The van der Waals surface area contributed by atoms with E-state index in [4.69, 9.17) is 4.74 Å². The summed E-state index contributed by atoms with van der Waals surface area (Å²) in [5.74, 6) is 0.465. The number of carboxylic acid groups (broad SMARTS) is 1. The summed E-state index contributed by atoms with van der Waals surface area (Å²) in [5, 5.41) is 13.0. The van der Waals surface area contributed by atoms with Crippen LogP contribution < -0.4 is 15.1 Å². The van der Waals surface area contributed by atoms with Crippen LogP contribution in [0.4, 0.5) is 27.0 Å². The molecule has 10 heteroatoms. The van der Waals surface area contributed by atoms with Crippen LogP contribution in [0, 0.1) is 11.8 Å². The van der Waals surface area contributed by atoms with Crippen molar-refractivity contribution in [3.8, 4) is 0 Å². The SMILES string of the molecule is CC(C)[C@H]1COC(=O)N1c1ccnc(N(C(=O)O)[C@@H](C)c2ccc(NC(=O)C3CCCCC3)cc2)n1. The van der Waals surface area contributed by atoms with E-state index in [0.29, 0.717) is 17.1 Å². The molecular formula is C26H33N5O5. The third-order valence-corrected chi connectivity index (χ3v) is 7.00. The minimum atomic E-state index is -1.22. The molecular weight excluding hydrogens is 462 g/mol. The summed E-state index contributed by atoms with van der Waals surface area (Å²) in [5.41, 5.74) is 1.39. The number of rotatable bonds is 7. The van der Waals surface area contributed by atoms with E-state index in [0.717, 1.165) is 30.6 Å². The van der Waals surface area contributed by atoms with Crippen LogP contribution in [-0.4, -0.2) is 45.8 Å². The van der Waals surface area contributed by atoms with Crippen LogP contribution in [0.3, 0.4) is 0 Å². The van der Waals surface area contributed by atoms with Gasteiger partial charge in [0.05, 0.1) is 12.1 Å². The predicted molar refractivity (Wildman–Crippen MR) is 135 cm³/mol. The molecule has 2 aliphatic rings. The van der Waals surface area contributed by atoms with Crippen LogP contribution >= 0.6 is 0 Å². The second-order valence-corrected chi connectivity index (χ2v) is 9.75. The molecule has 192 valence electrons. The summed E-state index contributed by atoms with van der Waals surface area (Å²) in [6, 6.07) is 7.87. The first-order valence-corrected chi connectivity index (χ1v) is 12.5. The second-order valence-electron chi connectivity index (χ2n) is 9.75. The quantitative estimate of drug-likeness (QED) is 0.539. The summed E-state index contributed by atoms with van der Waals surface area (Å²) in [7, 11) is 0. The van der Waals surface area contributed by atoms with E-state index in [1.807, 2.05) is 13.8 Å². The summed E-state index contributed by atoms with van der Waals surface area (Å²) < 4.78 is 5.20. The molecule has 3 amide bonds. The molecule has 2 aromatic rings. The molecule has 0 bridgehead atoms. The zero-order chi connectivity index (χ0) is 25.8. The van der Waals surface area contributed by atoms with Crippen LogP contribution in [0.25, 0.3) is 0 Å². The van der Waals surface area contributed by atoms with Gasteiger partial charge < -0.3 is 15.2 Å². The summed E-state index contributed by atoms with van der Waals surface area (Å²) in [6.45, 7) is 5.95. The van der Waals surface area contributed by atoms with E-state index in [-0.39, 0.29) is 36.3 Å². The van der Waals surface area contributed by atoms with Gasteiger partial charge in [0.15, 0.2) is 0 Å². The van der Waals surface area contributed by atoms with Gasteiger partial charge in [-0.05, 0) is 49.4 Å². The van der Waals surface area contributed by atoms with Crippen LogP contribution in [0.1, 0.15) is 64.5 Å². The largest absolute Gasteiger partial charge is 0.465 e. The Balaban J connectivity index is 1.52. The van der Waals surface area contributed by atoms with E-state index in [1.54, 1.807) is 37.3 Å². The van der Waals surface area contributed by atoms with Gasteiger partial charge in [-0.2, -0.15) is 4.98 Å². The zero-order valence-electron chi connectivity index (χ0n) is 20.9. The van der Waals surface area contributed by atoms with E-state index in [1.165, 1.54) is 17.5 Å². The lowest BCUT2D eigenvalue weighted by atomic mass is 9.88. The Kier molecular flexibility index (Phi) is 7.71. The number of nitrogens with one attached hydrogen (secondary N) is 1. The number of aromatic nitrogens is 2. The molecule has 2 N–H and O–H groups in total. The number of hydrogen-bond acceptors (Lipinski definition) is 6. The van der Waals surface area contributed by atoms with Crippen molar-refractivity contribution in [2.45, 2.75) is 65.0 Å². The molecule has 2 atom stereocenters. The van der Waals surface area contributed by atoms with Crippen molar-refractivity contribution in [3.63, 3.8) is 0 Å². The fourth-order valence-corrected chi connectivity index (χ4v) is 4.81. The Morgan fingerprint density at radius 1 is 1.11 bits per heavy atom. The molecule has 1 saturated heterocycles. The standard InChI is InChI=1S/C26H33N5O5/c1-16(2)21-15-36-26(35)31(21)22-13-14-27-24(29-22)30(25(33)34)17(3)18-9-11-20(12-10-18)28-23(32)19-7-5-4-6-8-19/h9-14,16-17,19,21H,4-8,15H2,1-3H3,(H,28,32)(H,33,34)/t17-,21+/m0/s1. The molecule has 2 fully saturated rings. The van der Waals surface area contributed by atoms with Gasteiger partial charge in [0.1, 0.15) is 12.4 Å². The third-order valence-electron chi connectivity index (χ3n) is 7.00. The predicted octanol–water partition coefficient (Wildman–Crippen LogP) is 5.22. The van der Waals surface area contributed by atoms with Crippen molar-refractivity contribution < 1.29 is 24.2 Å². The van der Waals surface area contributed by atoms with Crippen molar-refractivity contribution >= 4 is 35.5 Å². The third kappa shape index (κ3) is 5.42. The zero-order valence-corrected chi connectivity index (χ0v) is 20.9. The number of carbonyl (C=O) groups is 3. The summed E-state index contributed by atoms with van der Waals surface area (Å²) in [4.78, 5) is 48.3. The first kappa shape index (κ1) is 25.4. The van der Waals surface area contributed by atoms with E-state index in [9.17, 15) is 19.5 Å². The lowest BCUT2D eigenvalue weighted by Gasteiger charge is -2.27. The van der Waals surface area contributed by atoms with Gasteiger partial charge in [0, 0.05) is 17.8 Å². The molecule has 0 unspecified atom stereocenters. The summed E-state index contributed by atoms with van der Waals surface area (Å²) >= 11 is 0. The molecule has 1 aromatic heterocycles. The molecule has 0 radical (unpaired) electrons. The highest BCUT2D eigenvalue weighted by Crippen LogP contribution is 2.30. The highest BCUT2D eigenvalue weighted by molar-refractivity contribution is 5.93. The van der Waals surface area contributed by atoms with Gasteiger partial charge >= 0.3 is 12.2 Å². The first-order chi connectivity index (χ1) is 17.3. The number of anilines is 3. The van der Waals surface area contributed by atoms with Crippen LogP contribution in [0.15, 0.2) is 36.5 Å². The van der Waals surface area contributed by atoms with E-state index in [2.05, 4.69) is 15.3 Å². The van der Waals surface area contributed by atoms with Crippen LogP contribution in [0.2, 0.25) is 0 Å². The maximum absolute atomic E-state index is 12.5. The molecule has 0 spiro atoms. The first-order valence-electron chi connectivity index (χ1n) is 12.5. The molecule has 2 heterocycles. The topological polar surface area (TPSA) is 125 Å². The number of nitrogens with zero attached hydrogens (tertiary/aromatic N) is 4. The van der Waals surface area contributed by atoms with Crippen LogP contribution in [0.5, 0.6) is 0 Å². The maximum atomic E-state index is 12.5. The smallest absolute Gasteiger partial charge is 0.415 e. The number of amides is 3. The number of carbonyl (C=O) groups excluding carboxylic acids is 2. The highest BCUT2D eigenvalue weighted by Gasteiger charge is 2.37. The van der Waals surface area contributed by atoms with Crippen molar-refractivity contribution in [2.24, 2.45) is 11.8 Å². The minimum absolute atomic E-state index is 0.0352. The van der Waals surface area contributed by atoms with E-state index < -0.39 is 18.2 Å².